The average molecular weight is 165 g/mol. The molecule has 3 heteroatoms. The van der Waals surface area contributed by atoms with Crippen LogP contribution >= 0.6 is 0 Å². The van der Waals surface area contributed by atoms with Crippen molar-refractivity contribution >= 4 is 0 Å². The lowest BCUT2D eigenvalue weighted by atomic mass is 10.00. The molecule has 1 aliphatic rings. The van der Waals surface area contributed by atoms with Crippen LogP contribution in [-0.2, 0) is 6.54 Å². The first-order valence-electron chi connectivity index (χ1n) is 4.55. The second-order valence-electron chi connectivity index (χ2n) is 3.51. The molecule has 0 atom stereocenters. The van der Waals surface area contributed by atoms with E-state index in [2.05, 4.69) is 28.1 Å². The highest BCUT2D eigenvalue weighted by Crippen LogP contribution is 2.10. The van der Waals surface area contributed by atoms with Gasteiger partial charge in [0.15, 0.2) is 0 Å². The van der Waals surface area contributed by atoms with E-state index in [9.17, 15) is 0 Å². The topological polar surface area (TPSA) is 29.9 Å². The summed E-state index contributed by atoms with van der Waals surface area (Å²) in [5, 5.41) is 7.52. The first-order valence-corrected chi connectivity index (χ1v) is 4.55. The Morgan fingerprint density at radius 3 is 3.00 bits per heavy atom. The van der Waals surface area contributed by atoms with Crippen LogP contribution in [0.4, 0.5) is 0 Å². The summed E-state index contributed by atoms with van der Waals surface area (Å²) >= 11 is 0. The van der Waals surface area contributed by atoms with E-state index < -0.39 is 0 Å². The van der Waals surface area contributed by atoms with E-state index in [4.69, 9.17) is 0 Å². The van der Waals surface area contributed by atoms with Crippen LogP contribution < -0.4 is 5.32 Å². The van der Waals surface area contributed by atoms with Crippen molar-refractivity contribution in [2.24, 2.45) is 5.92 Å². The molecule has 12 heavy (non-hydrogen) atoms. The molecule has 0 amide bonds. The average Bonchev–Trinajstić information content (AvgIpc) is 2.33. The number of nitrogens with one attached hydrogen (secondary N) is 1. The molecule has 2 rings (SSSR count). The van der Waals surface area contributed by atoms with Gasteiger partial charge in [0, 0.05) is 18.4 Å². The van der Waals surface area contributed by atoms with E-state index in [-0.39, 0.29) is 0 Å². The van der Waals surface area contributed by atoms with E-state index >= 15 is 0 Å². The lowest BCUT2D eigenvalue weighted by Gasteiger charge is -2.26. The van der Waals surface area contributed by atoms with Gasteiger partial charge in [0.05, 0.1) is 0 Å². The van der Waals surface area contributed by atoms with Crippen LogP contribution in [0.5, 0.6) is 0 Å². The Kier molecular flexibility index (Phi) is 2.13. The zero-order valence-corrected chi connectivity index (χ0v) is 7.45. The number of aryl methyl sites for hydroxylation is 2. The van der Waals surface area contributed by atoms with Crippen molar-refractivity contribution in [3.63, 3.8) is 0 Å². The number of aromatic nitrogens is 2. The minimum atomic E-state index is 0.883. The second-order valence-corrected chi connectivity index (χ2v) is 3.51. The Morgan fingerprint density at radius 1 is 1.67 bits per heavy atom. The van der Waals surface area contributed by atoms with E-state index in [0.29, 0.717) is 0 Å². The minimum absolute atomic E-state index is 0.883. The summed E-state index contributed by atoms with van der Waals surface area (Å²) in [6.45, 7) is 5.57. The highest BCUT2D eigenvalue weighted by molar-refractivity contribution is 4.96. The molecule has 1 aliphatic heterocycles. The molecule has 0 saturated carbocycles. The van der Waals surface area contributed by atoms with Gasteiger partial charge >= 0.3 is 0 Å². The molecule has 0 bridgehead atoms. The number of hydrogen-bond donors (Lipinski definition) is 1. The first-order chi connectivity index (χ1) is 5.86. The van der Waals surface area contributed by atoms with Crippen LogP contribution in [0.2, 0.25) is 0 Å². The molecule has 2 heterocycles. The fourth-order valence-corrected chi connectivity index (χ4v) is 1.49. The van der Waals surface area contributed by atoms with Crippen molar-refractivity contribution in [2.45, 2.75) is 19.9 Å². The summed E-state index contributed by atoms with van der Waals surface area (Å²) in [5.74, 6) is 0.883. The maximum Gasteiger partial charge on any atom is 0.0492 e. The smallest absolute Gasteiger partial charge is 0.0492 e. The molecule has 1 N–H and O–H groups in total. The fraction of sp³-hybridized carbons (Fsp3) is 0.667. The van der Waals surface area contributed by atoms with Gasteiger partial charge in [-0.1, -0.05) is 0 Å². The van der Waals surface area contributed by atoms with Gasteiger partial charge in [-0.3, -0.25) is 4.68 Å². The third-order valence-electron chi connectivity index (χ3n) is 2.54. The van der Waals surface area contributed by atoms with Gasteiger partial charge in [-0.2, -0.15) is 5.10 Å². The van der Waals surface area contributed by atoms with E-state index in [1.807, 2.05) is 6.20 Å². The minimum Gasteiger partial charge on any atom is -0.316 e. The highest BCUT2D eigenvalue weighted by Gasteiger charge is 2.16. The van der Waals surface area contributed by atoms with Crippen molar-refractivity contribution in [2.75, 3.05) is 13.1 Å². The second kappa shape index (κ2) is 3.27. The Labute approximate surface area is 72.8 Å². The third-order valence-corrected chi connectivity index (χ3v) is 2.54. The zero-order chi connectivity index (χ0) is 8.39. The molecular formula is C9H15N3. The van der Waals surface area contributed by atoms with E-state index in [1.54, 1.807) is 0 Å². The van der Waals surface area contributed by atoms with Crippen LogP contribution in [0, 0.1) is 12.8 Å². The van der Waals surface area contributed by atoms with Crippen molar-refractivity contribution < 1.29 is 0 Å². The van der Waals surface area contributed by atoms with Crippen molar-refractivity contribution in [3.8, 4) is 0 Å². The molecule has 1 aromatic rings. The number of rotatable bonds is 3. The third kappa shape index (κ3) is 1.50. The fourth-order valence-electron chi connectivity index (χ4n) is 1.49. The predicted octanol–water partition coefficient (Wildman–Crippen LogP) is 0.801. The standard InChI is InChI=1S/C9H15N3/c1-8-2-4-11-12(8)5-3-9-6-10-7-9/h2,4,9-10H,3,5-7H2,1H3. The molecule has 1 aromatic heterocycles. The van der Waals surface area contributed by atoms with Gasteiger partial charge in [0.2, 0.25) is 0 Å². The number of hydrogen-bond acceptors (Lipinski definition) is 2. The molecule has 0 aromatic carbocycles. The van der Waals surface area contributed by atoms with Gasteiger partial charge in [-0.15, -0.1) is 0 Å². The summed E-state index contributed by atoms with van der Waals surface area (Å²) in [7, 11) is 0. The Hall–Kier alpha value is -0.830. The first kappa shape index (κ1) is 7.80. The molecule has 0 spiro atoms. The van der Waals surface area contributed by atoms with Crippen LogP contribution in [0.3, 0.4) is 0 Å². The van der Waals surface area contributed by atoms with Crippen LogP contribution in [-0.4, -0.2) is 22.9 Å². The maximum absolute atomic E-state index is 4.24. The van der Waals surface area contributed by atoms with Crippen molar-refractivity contribution in [1.82, 2.24) is 15.1 Å². The molecule has 1 saturated heterocycles. The quantitative estimate of drug-likeness (QED) is 0.718. The Balaban J connectivity index is 1.82. The van der Waals surface area contributed by atoms with Gasteiger partial charge < -0.3 is 5.32 Å². The normalized spacial score (nSPS) is 17.8. The molecule has 3 nitrogen and oxygen atoms in total. The summed E-state index contributed by atoms with van der Waals surface area (Å²) in [6, 6.07) is 2.05. The molecule has 1 fully saturated rings. The van der Waals surface area contributed by atoms with Crippen LogP contribution in [0.25, 0.3) is 0 Å². The molecular weight excluding hydrogens is 150 g/mol. The SMILES string of the molecule is Cc1ccnn1CCC1CNC1. The molecule has 0 radical (unpaired) electrons. The van der Waals surface area contributed by atoms with Gasteiger partial charge in [-0.25, -0.2) is 0 Å². The molecule has 0 unspecified atom stereocenters. The van der Waals surface area contributed by atoms with Crippen molar-refractivity contribution in [1.29, 1.82) is 0 Å². The molecule has 0 aliphatic carbocycles. The lowest BCUT2D eigenvalue weighted by Crippen LogP contribution is -2.42. The van der Waals surface area contributed by atoms with Crippen LogP contribution in [0.1, 0.15) is 12.1 Å². The monoisotopic (exact) mass is 165 g/mol. The van der Waals surface area contributed by atoms with Gasteiger partial charge in [-0.05, 0) is 38.4 Å². The Bertz CT molecular complexity index is 250. The zero-order valence-electron chi connectivity index (χ0n) is 7.45. The Morgan fingerprint density at radius 2 is 2.50 bits per heavy atom. The summed E-state index contributed by atoms with van der Waals surface area (Å²) in [5.41, 5.74) is 1.27. The summed E-state index contributed by atoms with van der Waals surface area (Å²) in [6.07, 6.45) is 3.13. The summed E-state index contributed by atoms with van der Waals surface area (Å²) < 4.78 is 2.08. The lowest BCUT2D eigenvalue weighted by molar-refractivity contribution is 0.306. The van der Waals surface area contributed by atoms with E-state index in [0.717, 1.165) is 12.5 Å². The van der Waals surface area contributed by atoms with Crippen molar-refractivity contribution in [3.05, 3.63) is 18.0 Å². The predicted molar refractivity (Wildman–Crippen MR) is 47.9 cm³/mol. The van der Waals surface area contributed by atoms with Gasteiger partial charge in [0.1, 0.15) is 0 Å². The summed E-state index contributed by atoms with van der Waals surface area (Å²) in [4.78, 5) is 0. The maximum atomic E-state index is 4.24. The number of nitrogens with zero attached hydrogens (tertiary/aromatic N) is 2. The molecule has 66 valence electrons. The largest absolute Gasteiger partial charge is 0.316 e. The van der Waals surface area contributed by atoms with Gasteiger partial charge in [0.25, 0.3) is 0 Å². The van der Waals surface area contributed by atoms with Crippen LogP contribution in [0.15, 0.2) is 12.3 Å². The van der Waals surface area contributed by atoms with E-state index in [1.165, 1.54) is 25.2 Å². The highest BCUT2D eigenvalue weighted by atomic mass is 15.3.